The van der Waals surface area contributed by atoms with Crippen LogP contribution in [0.25, 0.3) is 16.7 Å². The minimum atomic E-state index is 0.127. The van der Waals surface area contributed by atoms with E-state index in [-0.39, 0.29) is 6.61 Å². The summed E-state index contributed by atoms with van der Waals surface area (Å²) in [7, 11) is 3.20. The maximum atomic E-state index is 5.59. The molecule has 0 aliphatic carbocycles. The number of fused-ring (bicyclic) bond motifs is 3. The zero-order valence-corrected chi connectivity index (χ0v) is 20.9. The zero-order chi connectivity index (χ0) is 25.2. The van der Waals surface area contributed by atoms with Crippen LogP contribution in [0.15, 0.2) is 54.2 Å². The zero-order valence-electron chi connectivity index (χ0n) is 20.9. The Bertz CT molecular complexity index is 1570. The van der Waals surface area contributed by atoms with Gasteiger partial charge in [0.15, 0.2) is 29.6 Å². The van der Waals surface area contributed by atoms with Crippen molar-refractivity contribution in [3.8, 4) is 11.5 Å². The van der Waals surface area contributed by atoms with Gasteiger partial charge in [-0.1, -0.05) is 11.2 Å². The Morgan fingerprint density at radius 1 is 1.06 bits per heavy atom. The lowest BCUT2D eigenvalue weighted by molar-refractivity contribution is 0.125. The Balaban J connectivity index is 1.40. The fourth-order valence-corrected chi connectivity index (χ4v) is 4.20. The Hall–Kier alpha value is -4.47. The molecule has 10 nitrogen and oxygen atoms in total. The molecule has 36 heavy (non-hydrogen) atoms. The number of rotatable bonds is 8. The van der Waals surface area contributed by atoms with Crippen molar-refractivity contribution in [3.63, 3.8) is 0 Å². The molecule has 0 amide bonds. The molecular formula is C26H27N7O3. The quantitative estimate of drug-likeness (QED) is 0.241. The Morgan fingerprint density at radius 3 is 2.64 bits per heavy atom. The normalized spacial score (nSPS) is 11.9. The molecule has 5 rings (SSSR count). The summed E-state index contributed by atoms with van der Waals surface area (Å²) in [5, 5.41) is 9.76. The van der Waals surface area contributed by atoms with E-state index in [0.717, 1.165) is 39.1 Å². The number of methoxy groups -OCH3 is 2. The number of nitrogens with zero attached hydrogens (tertiary/aromatic N) is 7. The highest BCUT2D eigenvalue weighted by atomic mass is 16.6. The molecule has 0 fully saturated rings. The number of hydrogen-bond donors (Lipinski definition) is 0. The standard InChI is InChI=1S/C26H27N7O3/c1-16-18(3)32(13-19-7-6-10-27-12-19)25-24(16)26-29-23(30-33(26)15-28-25)14-36-31-17(2)20-8-9-21(34-4)22(11-20)35-5/h6-12,15H,13-14H2,1-5H3/b31-17+. The molecule has 0 bridgehead atoms. The van der Waals surface area contributed by atoms with Crippen molar-refractivity contribution < 1.29 is 14.3 Å². The Morgan fingerprint density at radius 2 is 1.89 bits per heavy atom. The van der Waals surface area contributed by atoms with Gasteiger partial charge < -0.3 is 18.9 Å². The van der Waals surface area contributed by atoms with Gasteiger partial charge in [-0.05, 0) is 56.2 Å². The van der Waals surface area contributed by atoms with Gasteiger partial charge in [0, 0.05) is 23.7 Å². The van der Waals surface area contributed by atoms with Crippen LogP contribution in [0.3, 0.4) is 0 Å². The Labute approximate surface area is 208 Å². The van der Waals surface area contributed by atoms with Crippen LogP contribution in [0, 0.1) is 13.8 Å². The number of hydrogen-bond acceptors (Lipinski definition) is 8. The fourth-order valence-electron chi connectivity index (χ4n) is 4.20. The smallest absolute Gasteiger partial charge is 0.192 e. The molecule has 4 heterocycles. The monoisotopic (exact) mass is 485 g/mol. The summed E-state index contributed by atoms with van der Waals surface area (Å²) in [5.41, 5.74) is 6.52. The van der Waals surface area contributed by atoms with Crippen molar-refractivity contribution in [2.45, 2.75) is 33.9 Å². The number of pyridine rings is 1. The van der Waals surface area contributed by atoms with Gasteiger partial charge in [0.05, 0.1) is 31.9 Å². The fraction of sp³-hybridized carbons (Fsp3) is 0.269. The summed E-state index contributed by atoms with van der Waals surface area (Å²) in [4.78, 5) is 19.3. The lowest BCUT2D eigenvalue weighted by atomic mass is 10.1. The summed E-state index contributed by atoms with van der Waals surface area (Å²) in [6.07, 6.45) is 5.33. The Kier molecular flexibility index (Phi) is 6.24. The maximum absolute atomic E-state index is 5.59. The van der Waals surface area contributed by atoms with Gasteiger partial charge in [-0.2, -0.15) is 0 Å². The molecule has 0 spiro atoms. The molecule has 0 N–H and O–H groups in total. The molecule has 0 saturated carbocycles. The van der Waals surface area contributed by atoms with E-state index in [0.29, 0.717) is 29.6 Å². The largest absolute Gasteiger partial charge is 0.493 e. The predicted molar refractivity (Wildman–Crippen MR) is 136 cm³/mol. The van der Waals surface area contributed by atoms with E-state index in [4.69, 9.17) is 24.3 Å². The number of aromatic nitrogens is 6. The van der Waals surface area contributed by atoms with E-state index in [9.17, 15) is 0 Å². The second kappa shape index (κ2) is 9.65. The summed E-state index contributed by atoms with van der Waals surface area (Å²) in [6.45, 7) is 6.85. The van der Waals surface area contributed by atoms with E-state index in [1.165, 1.54) is 0 Å². The van der Waals surface area contributed by atoms with E-state index < -0.39 is 0 Å². The molecule has 0 aliphatic rings. The van der Waals surface area contributed by atoms with Crippen molar-refractivity contribution in [1.82, 2.24) is 29.1 Å². The first kappa shape index (κ1) is 23.3. The summed E-state index contributed by atoms with van der Waals surface area (Å²) >= 11 is 0. The highest BCUT2D eigenvalue weighted by Crippen LogP contribution is 2.29. The maximum Gasteiger partial charge on any atom is 0.192 e. The average molecular weight is 486 g/mol. The van der Waals surface area contributed by atoms with Crippen molar-refractivity contribution in [2.75, 3.05) is 14.2 Å². The number of oxime groups is 1. The molecule has 0 radical (unpaired) electrons. The second-order valence-corrected chi connectivity index (χ2v) is 8.42. The van der Waals surface area contributed by atoms with Crippen LogP contribution >= 0.6 is 0 Å². The SMILES string of the molecule is COc1ccc(/C(C)=N/OCc2nc3c4c(C)c(C)n(Cc5cccnc5)c4ncn3n2)cc1OC. The average Bonchev–Trinajstić information content (AvgIpc) is 3.42. The number of aryl methyl sites for hydroxylation is 1. The highest BCUT2D eigenvalue weighted by molar-refractivity contribution is 5.99. The molecule has 1 aromatic carbocycles. The van der Waals surface area contributed by atoms with Crippen LogP contribution in [0.5, 0.6) is 11.5 Å². The first-order chi connectivity index (χ1) is 17.5. The van der Waals surface area contributed by atoms with Crippen molar-refractivity contribution in [3.05, 3.63) is 77.3 Å². The van der Waals surface area contributed by atoms with Crippen molar-refractivity contribution in [1.29, 1.82) is 0 Å². The molecule has 0 saturated heterocycles. The highest BCUT2D eigenvalue weighted by Gasteiger charge is 2.18. The number of benzene rings is 1. The molecule has 4 aromatic heterocycles. The summed E-state index contributed by atoms with van der Waals surface area (Å²) in [5.74, 6) is 1.80. The van der Waals surface area contributed by atoms with Crippen molar-refractivity contribution >= 4 is 22.4 Å². The molecular weight excluding hydrogens is 458 g/mol. The third kappa shape index (κ3) is 4.21. The molecule has 0 aliphatic heterocycles. The van der Waals surface area contributed by atoms with Gasteiger partial charge in [-0.25, -0.2) is 14.5 Å². The lowest BCUT2D eigenvalue weighted by Crippen LogP contribution is -2.03. The minimum Gasteiger partial charge on any atom is -0.493 e. The first-order valence-electron chi connectivity index (χ1n) is 11.5. The third-order valence-electron chi connectivity index (χ3n) is 6.25. The van der Waals surface area contributed by atoms with Gasteiger partial charge in [0.1, 0.15) is 12.0 Å². The topological polar surface area (TPSA) is 101 Å². The van der Waals surface area contributed by atoms with Gasteiger partial charge in [0.2, 0.25) is 0 Å². The van der Waals surface area contributed by atoms with Crippen LogP contribution in [-0.4, -0.2) is 49.1 Å². The van der Waals surface area contributed by atoms with Gasteiger partial charge in [-0.15, -0.1) is 5.10 Å². The molecule has 184 valence electrons. The second-order valence-electron chi connectivity index (χ2n) is 8.42. The van der Waals surface area contributed by atoms with Gasteiger partial charge >= 0.3 is 0 Å². The van der Waals surface area contributed by atoms with Crippen LogP contribution in [-0.2, 0) is 18.0 Å². The lowest BCUT2D eigenvalue weighted by Gasteiger charge is -2.09. The summed E-state index contributed by atoms with van der Waals surface area (Å²) < 4.78 is 14.5. The van der Waals surface area contributed by atoms with E-state index >= 15 is 0 Å². The van der Waals surface area contributed by atoms with E-state index in [1.54, 1.807) is 31.3 Å². The van der Waals surface area contributed by atoms with Gasteiger partial charge in [-0.3, -0.25) is 4.98 Å². The van der Waals surface area contributed by atoms with Crippen LogP contribution in [0.4, 0.5) is 0 Å². The predicted octanol–water partition coefficient (Wildman–Crippen LogP) is 4.10. The molecule has 5 aromatic rings. The van der Waals surface area contributed by atoms with Crippen LogP contribution < -0.4 is 9.47 Å². The molecule has 0 atom stereocenters. The molecule has 10 heteroatoms. The van der Waals surface area contributed by atoms with Crippen LogP contribution in [0.1, 0.15) is 35.1 Å². The van der Waals surface area contributed by atoms with E-state index in [2.05, 4.69) is 39.7 Å². The molecule has 0 unspecified atom stereocenters. The third-order valence-corrected chi connectivity index (χ3v) is 6.25. The minimum absolute atomic E-state index is 0.127. The van der Waals surface area contributed by atoms with Crippen LogP contribution in [0.2, 0.25) is 0 Å². The summed E-state index contributed by atoms with van der Waals surface area (Å²) in [6, 6.07) is 9.59. The first-order valence-corrected chi connectivity index (χ1v) is 11.5. The van der Waals surface area contributed by atoms with Gasteiger partial charge in [0.25, 0.3) is 0 Å². The van der Waals surface area contributed by atoms with Crippen molar-refractivity contribution in [2.24, 2.45) is 5.16 Å². The number of ether oxygens (including phenoxy) is 2. The van der Waals surface area contributed by atoms with E-state index in [1.807, 2.05) is 37.4 Å².